The van der Waals surface area contributed by atoms with E-state index in [1.807, 2.05) is 6.92 Å². The van der Waals surface area contributed by atoms with Gasteiger partial charge in [0.25, 0.3) is 0 Å². The number of likely N-dealkylation sites (tertiary alicyclic amines) is 1. The van der Waals surface area contributed by atoms with E-state index in [4.69, 9.17) is 0 Å². The molecule has 1 saturated heterocycles. The van der Waals surface area contributed by atoms with Gasteiger partial charge in [-0.2, -0.15) is 0 Å². The Bertz CT molecular complexity index is 811. The molecule has 0 aromatic heterocycles. The van der Waals surface area contributed by atoms with Crippen molar-refractivity contribution < 1.29 is 12.8 Å². The highest BCUT2D eigenvalue weighted by Crippen LogP contribution is 2.18. The summed E-state index contributed by atoms with van der Waals surface area (Å²) >= 11 is 0. The molecule has 0 amide bonds. The number of sulfone groups is 1. The van der Waals surface area contributed by atoms with Gasteiger partial charge in [0.15, 0.2) is 15.8 Å². The molecule has 2 N–H and O–H groups in total. The Kier molecular flexibility index (Phi) is 9.55. The van der Waals surface area contributed by atoms with Gasteiger partial charge in [-0.15, -0.1) is 0 Å². The summed E-state index contributed by atoms with van der Waals surface area (Å²) in [5, 5.41) is 6.67. The quantitative estimate of drug-likeness (QED) is 0.456. The number of nitrogens with zero attached hydrogens (tertiary/aromatic N) is 2. The lowest BCUT2D eigenvalue weighted by atomic mass is 10.0. The van der Waals surface area contributed by atoms with Gasteiger partial charge < -0.3 is 10.6 Å². The van der Waals surface area contributed by atoms with E-state index in [1.54, 1.807) is 0 Å². The second-order valence-corrected chi connectivity index (χ2v) is 10.7. The van der Waals surface area contributed by atoms with E-state index >= 15 is 0 Å². The highest BCUT2D eigenvalue weighted by Gasteiger charge is 2.23. The van der Waals surface area contributed by atoms with Crippen molar-refractivity contribution >= 4 is 15.8 Å². The summed E-state index contributed by atoms with van der Waals surface area (Å²) < 4.78 is 37.2. The topological polar surface area (TPSA) is 73.8 Å². The van der Waals surface area contributed by atoms with Crippen LogP contribution in [0.3, 0.4) is 0 Å². The minimum Gasteiger partial charge on any atom is -0.357 e. The predicted octanol–water partition coefficient (Wildman–Crippen LogP) is 2.94. The monoisotopic (exact) mass is 440 g/mol. The van der Waals surface area contributed by atoms with Crippen molar-refractivity contribution in [3.8, 4) is 0 Å². The molecule has 0 radical (unpaired) electrons. The first kappa shape index (κ1) is 24.6. The van der Waals surface area contributed by atoms with E-state index in [1.165, 1.54) is 43.7 Å². The predicted molar refractivity (Wildman–Crippen MR) is 122 cm³/mol. The Labute approximate surface area is 181 Å². The van der Waals surface area contributed by atoms with Crippen molar-refractivity contribution in [3.05, 3.63) is 35.1 Å². The van der Waals surface area contributed by atoms with Gasteiger partial charge in [0.05, 0.1) is 12.3 Å². The maximum Gasteiger partial charge on any atom is 0.191 e. The fraction of sp³-hybridized carbons (Fsp3) is 0.682. The third kappa shape index (κ3) is 8.60. The summed E-state index contributed by atoms with van der Waals surface area (Å²) in [7, 11) is -3.21. The number of halogens is 1. The van der Waals surface area contributed by atoms with Crippen LogP contribution in [-0.4, -0.2) is 57.8 Å². The Morgan fingerprint density at radius 2 is 2.03 bits per heavy atom. The van der Waals surface area contributed by atoms with Crippen LogP contribution in [-0.2, 0) is 22.1 Å². The zero-order valence-electron chi connectivity index (χ0n) is 18.7. The van der Waals surface area contributed by atoms with Crippen molar-refractivity contribution in [2.24, 2.45) is 10.9 Å². The Balaban J connectivity index is 2.08. The van der Waals surface area contributed by atoms with Gasteiger partial charge in [0, 0.05) is 31.9 Å². The molecule has 1 fully saturated rings. The first-order valence-corrected chi connectivity index (χ1v) is 12.9. The highest BCUT2D eigenvalue weighted by atomic mass is 32.2. The molecule has 0 aliphatic carbocycles. The summed E-state index contributed by atoms with van der Waals surface area (Å²) in [6, 6.07) is 4.68. The van der Waals surface area contributed by atoms with E-state index in [0.29, 0.717) is 35.6 Å². The van der Waals surface area contributed by atoms with Crippen LogP contribution in [0, 0.1) is 11.7 Å². The van der Waals surface area contributed by atoms with Crippen LogP contribution in [0.15, 0.2) is 23.2 Å². The van der Waals surface area contributed by atoms with Crippen LogP contribution in [0.25, 0.3) is 0 Å². The van der Waals surface area contributed by atoms with Crippen LogP contribution in [0.2, 0.25) is 0 Å². The SMILES string of the molecule is CCNC(=NCc1cc(F)ccc1CS(C)(=O)=O)NCC1CCCCN1CC(C)C. The fourth-order valence-electron chi connectivity index (χ4n) is 3.89. The average Bonchev–Trinajstić information content (AvgIpc) is 2.65. The number of rotatable bonds is 9. The molecular weight excluding hydrogens is 403 g/mol. The largest absolute Gasteiger partial charge is 0.357 e. The Hall–Kier alpha value is -1.67. The van der Waals surface area contributed by atoms with Gasteiger partial charge in [-0.25, -0.2) is 17.8 Å². The molecule has 1 aromatic rings. The van der Waals surface area contributed by atoms with Crippen molar-refractivity contribution in [1.82, 2.24) is 15.5 Å². The molecule has 0 saturated carbocycles. The molecule has 1 aliphatic rings. The molecular formula is C22H37FN4O2S. The number of benzene rings is 1. The number of piperidine rings is 1. The number of hydrogen-bond donors (Lipinski definition) is 2. The molecule has 1 heterocycles. The number of guanidine groups is 1. The van der Waals surface area contributed by atoms with Crippen molar-refractivity contribution in [3.63, 3.8) is 0 Å². The van der Waals surface area contributed by atoms with Gasteiger partial charge in [-0.05, 0) is 55.5 Å². The summed E-state index contributed by atoms with van der Waals surface area (Å²) in [4.78, 5) is 7.16. The van der Waals surface area contributed by atoms with E-state index < -0.39 is 9.84 Å². The lowest BCUT2D eigenvalue weighted by molar-refractivity contribution is 0.133. The second kappa shape index (κ2) is 11.6. The highest BCUT2D eigenvalue weighted by molar-refractivity contribution is 7.89. The van der Waals surface area contributed by atoms with Crippen molar-refractivity contribution in [2.75, 3.05) is 32.4 Å². The minimum absolute atomic E-state index is 0.117. The van der Waals surface area contributed by atoms with E-state index in [0.717, 1.165) is 19.6 Å². The molecule has 0 spiro atoms. The average molecular weight is 441 g/mol. The van der Waals surface area contributed by atoms with Gasteiger partial charge >= 0.3 is 0 Å². The fourth-order valence-corrected chi connectivity index (χ4v) is 4.73. The minimum atomic E-state index is -3.21. The maximum atomic E-state index is 13.8. The second-order valence-electron chi connectivity index (χ2n) is 8.60. The van der Waals surface area contributed by atoms with Gasteiger partial charge in [-0.1, -0.05) is 26.3 Å². The Morgan fingerprint density at radius 1 is 1.27 bits per heavy atom. The molecule has 30 heavy (non-hydrogen) atoms. The van der Waals surface area contributed by atoms with Crippen LogP contribution in [0.5, 0.6) is 0 Å². The van der Waals surface area contributed by atoms with Crippen molar-refractivity contribution in [2.45, 2.75) is 58.4 Å². The molecule has 170 valence electrons. The lowest BCUT2D eigenvalue weighted by Crippen LogP contribution is -2.50. The summed E-state index contributed by atoms with van der Waals surface area (Å²) in [6.07, 6.45) is 4.84. The van der Waals surface area contributed by atoms with Crippen LogP contribution < -0.4 is 10.6 Å². The first-order valence-electron chi connectivity index (χ1n) is 10.9. The Morgan fingerprint density at radius 3 is 2.70 bits per heavy atom. The number of hydrogen-bond acceptors (Lipinski definition) is 4. The van der Waals surface area contributed by atoms with E-state index in [9.17, 15) is 12.8 Å². The molecule has 1 unspecified atom stereocenters. The first-order chi connectivity index (χ1) is 14.2. The maximum absolute atomic E-state index is 13.8. The summed E-state index contributed by atoms with van der Waals surface area (Å²) in [5.74, 6) is 0.798. The van der Waals surface area contributed by atoms with E-state index in [2.05, 4.69) is 34.4 Å². The zero-order valence-corrected chi connectivity index (χ0v) is 19.6. The third-order valence-electron chi connectivity index (χ3n) is 5.19. The van der Waals surface area contributed by atoms with Crippen LogP contribution in [0.1, 0.15) is 51.2 Å². The third-order valence-corrected chi connectivity index (χ3v) is 6.03. The molecule has 6 nitrogen and oxygen atoms in total. The summed E-state index contributed by atoms with van der Waals surface area (Å²) in [5.41, 5.74) is 1.19. The number of aliphatic imine (C=N–C) groups is 1. The standard InChI is InChI=1S/C22H37FN4O2S/c1-5-24-22(26-14-21-8-6-7-11-27(21)15-17(2)3)25-13-19-12-20(23)10-9-18(19)16-30(4,28)29/h9-10,12,17,21H,5-8,11,13-16H2,1-4H3,(H2,24,25,26). The van der Waals surface area contributed by atoms with Gasteiger partial charge in [0.1, 0.15) is 5.82 Å². The van der Waals surface area contributed by atoms with Crippen molar-refractivity contribution in [1.29, 1.82) is 0 Å². The molecule has 0 bridgehead atoms. The van der Waals surface area contributed by atoms with E-state index in [-0.39, 0.29) is 18.1 Å². The van der Waals surface area contributed by atoms with Crippen LogP contribution in [0.4, 0.5) is 4.39 Å². The smallest absolute Gasteiger partial charge is 0.191 e. The molecule has 1 atom stereocenters. The molecule has 2 rings (SSSR count). The van der Waals surface area contributed by atoms with Gasteiger partial charge in [-0.3, -0.25) is 4.90 Å². The molecule has 1 aliphatic heterocycles. The zero-order chi connectivity index (χ0) is 22.1. The molecule has 1 aromatic carbocycles. The number of nitrogens with one attached hydrogen (secondary N) is 2. The van der Waals surface area contributed by atoms with Crippen LogP contribution >= 0.6 is 0 Å². The summed E-state index contributed by atoms with van der Waals surface area (Å²) in [6.45, 7) is 10.5. The normalized spacial score (nSPS) is 18.6. The lowest BCUT2D eigenvalue weighted by Gasteiger charge is -2.37. The molecule has 8 heteroatoms. The van der Waals surface area contributed by atoms with Gasteiger partial charge in [0.2, 0.25) is 0 Å².